The summed E-state index contributed by atoms with van der Waals surface area (Å²) in [4.78, 5) is 25.5. The molecule has 0 N–H and O–H groups in total. The van der Waals surface area contributed by atoms with E-state index in [4.69, 9.17) is 9.47 Å². The lowest BCUT2D eigenvalue weighted by Crippen LogP contribution is -2.29. The minimum Gasteiger partial charge on any atom is -0.426 e. The van der Waals surface area contributed by atoms with E-state index >= 15 is 0 Å². The van der Waals surface area contributed by atoms with Gasteiger partial charge in [-0.3, -0.25) is 9.59 Å². The molecule has 0 aromatic heterocycles. The van der Waals surface area contributed by atoms with Gasteiger partial charge in [-0.15, -0.1) is 0 Å². The summed E-state index contributed by atoms with van der Waals surface area (Å²) in [6.07, 6.45) is 22.4. The van der Waals surface area contributed by atoms with Crippen molar-refractivity contribution in [2.24, 2.45) is 35.5 Å². The van der Waals surface area contributed by atoms with Crippen LogP contribution >= 0.6 is 0 Å². The Balaban J connectivity index is 1.03. The maximum Gasteiger partial charge on any atom is 0.314 e. The van der Waals surface area contributed by atoms with Crippen LogP contribution in [-0.4, -0.2) is 11.9 Å². The van der Waals surface area contributed by atoms with Crippen molar-refractivity contribution < 1.29 is 19.1 Å². The molecule has 4 heteroatoms. The highest BCUT2D eigenvalue weighted by molar-refractivity contribution is 5.76. The van der Waals surface area contributed by atoms with Crippen LogP contribution in [-0.2, 0) is 9.59 Å². The number of carbonyl (C=O) groups is 2. The molecule has 4 aliphatic rings. The number of rotatable bonds is 6. The molecule has 0 amide bonds. The Morgan fingerprint density at radius 2 is 0.750 bits per heavy atom. The first-order chi connectivity index (χ1) is 17.7. The minimum atomic E-state index is -0.100. The van der Waals surface area contributed by atoms with E-state index in [0.717, 1.165) is 49.4 Å². The maximum atomic E-state index is 12.8. The first-order valence-electron chi connectivity index (χ1n) is 15.2. The SMILES string of the molecule is O=C(Oc1ccc(OC(=O)C2CCC(C3CCCCC3)CC2)cc1)C1CCC(C2CCCCC2)CC1. The molecule has 4 fully saturated rings. The zero-order chi connectivity index (χ0) is 24.7. The summed E-state index contributed by atoms with van der Waals surface area (Å²) in [5, 5.41) is 0. The van der Waals surface area contributed by atoms with Gasteiger partial charge < -0.3 is 9.47 Å². The fraction of sp³-hybridized carbons (Fsp3) is 0.750. The highest BCUT2D eigenvalue weighted by atomic mass is 16.5. The van der Waals surface area contributed by atoms with Crippen LogP contribution < -0.4 is 9.47 Å². The fourth-order valence-corrected chi connectivity index (χ4v) is 7.84. The maximum absolute atomic E-state index is 12.8. The largest absolute Gasteiger partial charge is 0.426 e. The molecule has 0 saturated heterocycles. The summed E-state index contributed by atoms with van der Waals surface area (Å²) in [5.74, 6) is 4.32. The molecule has 4 nitrogen and oxygen atoms in total. The molecule has 0 atom stereocenters. The second kappa shape index (κ2) is 12.6. The molecule has 0 radical (unpaired) electrons. The second-order valence-corrected chi connectivity index (χ2v) is 12.3. The van der Waals surface area contributed by atoms with Gasteiger partial charge in [-0.1, -0.05) is 64.2 Å². The van der Waals surface area contributed by atoms with Crippen molar-refractivity contribution in [2.45, 2.75) is 116 Å². The second-order valence-electron chi connectivity index (χ2n) is 12.3. The zero-order valence-electron chi connectivity index (χ0n) is 22.1. The topological polar surface area (TPSA) is 52.6 Å². The average Bonchev–Trinajstić information content (AvgIpc) is 2.95. The highest BCUT2D eigenvalue weighted by Crippen LogP contribution is 2.41. The van der Waals surface area contributed by atoms with Gasteiger partial charge in [0.05, 0.1) is 11.8 Å². The third-order valence-electron chi connectivity index (χ3n) is 10.1. The molecular formula is C32H46O4. The van der Waals surface area contributed by atoms with Crippen LogP contribution in [0.25, 0.3) is 0 Å². The van der Waals surface area contributed by atoms with E-state index in [1.165, 1.54) is 89.9 Å². The number of hydrogen-bond donors (Lipinski definition) is 0. The number of ether oxygens (including phenoxy) is 2. The Morgan fingerprint density at radius 1 is 0.444 bits per heavy atom. The molecule has 1 aromatic carbocycles. The third kappa shape index (κ3) is 6.72. The molecule has 5 rings (SSSR count). The van der Waals surface area contributed by atoms with E-state index in [1.807, 2.05) is 0 Å². The summed E-state index contributed by atoms with van der Waals surface area (Å²) in [5.41, 5.74) is 0. The molecule has 0 bridgehead atoms. The van der Waals surface area contributed by atoms with E-state index in [9.17, 15) is 9.59 Å². The Hall–Kier alpha value is -1.84. The van der Waals surface area contributed by atoms with Crippen molar-refractivity contribution in [2.75, 3.05) is 0 Å². The fourth-order valence-electron chi connectivity index (χ4n) is 7.84. The van der Waals surface area contributed by atoms with Crippen LogP contribution in [0.15, 0.2) is 24.3 Å². The normalized spacial score (nSPS) is 30.4. The van der Waals surface area contributed by atoms with Gasteiger partial charge in [0.1, 0.15) is 11.5 Å². The molecule has 0 aliphatic heterocycles. The summed E-state index contributed by atoms with van der Waals surface area (Å²) in [6.45, 7) is 0. The monoisotopic (exact) mass is 494 g/mol. The van der Waals surface area contributed by atoms with Crippen molar-refractivity contribution in [1.82, 2.24) is 0 Å². The molecule has 0 unspecified atom stereocenters. The molecule has 4 aliphatic carbocycles. The number of carbonyl (C=O) groups excluding carboxylic acids is 2. The van der Waals surface area contributed by atoms with Crippen LogP contribution in [0.5, 0.6) is 11.5 Å². The van der Waals surface area contributed by atoms with Gasteiger partial charge in [-0.2, -0.15) is 0 Å². The van der Waals surface area contributed by atoms with E-state index < -0.39 is 0 Å². The van der Waals surface area contributed by atoms with Crippen LogP contribution in [0.3, 0.4) is 0 Å². The Kier molecular flexibility index (Phi) is 9.03. The van der Waals surface area contributed by atoms with Crippen molar-refractivity contribution in [3.05, 3.63) is 24.3 Å². The Bertz CT molecular complexity index is 762. The van der Waals surface area contributed by atoms with Crippen LogP contribution in [0, 0.1) is 35.5 Å². The third-order valence-corrected chi connectivity index (χ3v) is 10.1. The van der Waals surface area contributed by atoms with E-state index in [2.05, 4.69) is 0 Å². The smallest absolute Gasteiger partial charge is 0.314 e. The molecular weight excluding hydrogens is 448 g/mol. The summed E-state index contributed by atoms with van der Waals surface area (Å²) in [7, 11) is 0. The van der Waals surface area contributed by atoms with E-state index in [0.29, 0.717) is 11.5 Å². The van der Waals surface area contributed by atoms with Crippen molar-refractivity contribution in [1.29, 1.82) is 0 Å². The molecule has 4 saturated carbocycles. The van der Waals surface area contributed by atoms with Gasteiger partial charge >= 0.3 is 11.9 Å². The van der Waals surface area contributed by atoms with Crippen LogP contribution in [0.4, 0.5) is 0 Å². The molecule has 198 valence electrons. The predicted molar refractivity (Wildman–Crippen MR) is 142 cm³/mol. The molecule has 0 spiro atoms. The quantitative estimate of drug-likeness (QED) is 0.295. The van der Waals surface area contributed by atoms with Crippen molar-refractivity contribution in [3.63, 3.8) is 0 Å². The molecule has 1 aromatic rings. The Labute approximate surface area is 217 Å². The lowest BCUT2D eigenvalue weighted by atomic mass is 9.71. The van der Waals surface area contributed by atoms with Gasteiger partial charge in [0, 0.05) is 0 Å². The number of esters is 2. The summed E-state index contributed by atoms with van der Waals surface area (Å²) >= 11 is 0. The van der Waals surface area contributed by atoms with Gasteiger partial charge in [-0.25, -0.2) is 0 Å². The zero-order valence-corrected chi connectivity index (χ0v) is 22.1. The first kappa shape index (κ1) is 25.8. The summed E-state index contributed by atoms with van der Waals surface area (Å²) < 4.78 is 11.4. The number of hydrogen-bond acceptors (Lipinski definition) is 4. The van der Waals surface area contributed by atoms with Gasteiger partial charge in [0.15, 0.2) is 0 Å². The highest BCUT2D eigenvalue weighted by Gasteiger charge is 2.33. The summed E-state index contributed by atoms with van der Waals surface area (Å²) in [6, 6.07) is 7.03. The van der Waals surface area contributed by atoms with Gasteiger partial charge in [-0.05, 0) is 99.3 Å². The average molecular weight is 495 g/mol. The first-order valence-corrected chi connectivity index (χ1v) is 15.2. The Morgan fingerprint density at radius 3 is 1.08 bits per heavy atom. The minimum absolute atomic E-state index is 0.0195. The lowest BCUT2D eigenvalue weighted by molar-refractivity contribution is -0.141. The van der Waals surface area contributed by atoms with Gasteiger partial charge in [0.2, 0.25) is 0 Å². The van der Waals surface area contributed by atoms with Gasteiger partial charge in [0.25, 0.3) is 0 Å². The van der Waals surface area contributed by atoms with Crippen molar-refractivity contribution in [3.8, 4) is 11.5 Å². The lowest BCUT2D eigenvalue weighted by Gasteiger charge is -2.35. The van der Waals surface area contributed by atoms with E-state index in [-0.39, 0.29) is 23.8 Å². The number of benzene rings is 1. The van der Waals surface area contributed by atoms with E-state index in [1.54, 1.807) is 24.3 Å². The molecule has 0 heterocycles. The van der Waals surface area contributed by atoms with Crippen LogP contribution in [0.2, 0.25) is 0 Å². The predicted octanol–water partition coefficient (Wildman–Crippen LogP) is 8.27. The van der Waals surface area contributed by atoms with Crippen LogP contribution in [0.1, 0.15) is 116 Å². The standard InChI is InChI=1S/C32H46O4/c33-31(27-15-11-25(12-16-27)23-7-3-1-4-8-23)35-29-19-21-30(22-20-29)36-32(34)28-17-13-26(14-18-28)24-9-5-2-6-10-24/h19-28H,1-18H2. The van der Waals surface area contributed by atoms with Crippen molar-refractivity contribution >= 4 is 11.9 Å². The molecule has 36 heavy (non-hydrogen) atoms.